The van der Waals surface area contributed by atoms with E-state index in [9.17, 15) is 28.9 Å². The van der Waals surface area contributed by atoms with Crippen LogP contribution in [0.1, 0.15) is 12.8 Å². The highest BCUT2D eigenvalue weighted by molar-refractivity contribution is 6.39. The van der Waals surface area contributed by atoms with Crippen LogP contribution in [0.15, 0.2) is 18.2 Å². The van der Waals surface area contributed by atoms with E-state index in [0.29, 0.717) is 25.9 Å². The van der Waals surface area contributed by atoms with E-state index in [1.165, 1.54) is 7.11 Å². The Balaban J connectivity index is 1.81. The summed E-state index contributed by atoms with van der Waals surface area (Å²) in [6, 6.07) is 2.79. The highest BCUT2D eigenvalue weighted by Crippen LogP contribution is 2.21. The summed E-state index contributed by atoms with van der Waals surface area (Å²) >= 11 is 0. The molecular weight excluding hydrogens is 363 g/mol. The number of carbonyl (C=O) groups is 3. The van der Waals surface area contributed by atoms with Crippen LogP contribution in [0.25, 0.3) is 0 Å². The second-order valence-electron chi connectivity index (χ2n) is 5.99. The summed E-state index contributed by atoms with van der Waals surface area (Å²) in [7, 11) is 1.31. The van der Waals surface area contributed by atoms with Crippen molar-refractivity contribution in [1.29, 1.82) is 0 Å². The van der Waals surface area contributed by atoms with Gasteiger partial charge < -0.3 is 20.3 Å². The number of amides is 3. The number of methoxy groups -OCH3 is 1. The fourth-order valence-corrected chi connectivity index (χ4v) is 2.68. The van der Waals surface area contributed by atoms with Gasteiger partial charge in [-0.2, -0.15) is 4.39 Å². The van der Waals surface area contributed by atoms with E-state index in [1.807, 2.05) is 0 Å². The van der Waals surface area contributed by atoms with Crippen LogP contribution in [0.4, 0.5) is 20.6 Å². The van der Waals surface area contributed by atoms with Crippen molar-refractivity contribution in [2.45, 2.75) is 12.8 Å². The molecule has 11 heteroatoms. The highest BCUT2D eigenvalue weighted by Gasteiger charge is 2.24. The van der Waals surface area contributed by atoms with Gasteiger partial charge in [-0.3, -0.25) is 19.7 Å². The molecule has 0 radical (unpaired) electrons. The van der Waals surface area contributed by atoms with Crippen molar-refractivity contribution in [3.05, 3.63) is 34.1 Å². The Kier molecular flexibility index (Phi) is 6.63. The van der Waals surface area contributed by atoms with Gasteiger partial charge in [-0.15, -0.1) is 0 Å². The molecule has 146 valence electrons. The molecule has 1 saturated heterocycles. The van der Waals surface area contributed by atoms with Crippen LogP contribution in [-0.2, 0) is 14.3 Å². The zero-order valence-electron chi connectivity index (χ0n) is 14.6. The lowest BCUT2D eigenvalue weighted by molar-refractivity contribution is -0.387. The van der Waals surface area contributed by atoms with Crippen molar-refractivity contribution < 1.29 is 28.4 Å². The van der Waals surface area contributed by atoms with Gasteiger partial charge in [0.25, 0.3) is 0 Å². The van der Waals surface area contributed by atoms with Gasteiger partial charge >= 0.3 is 23.6 Å². The first-order chi connectivity index (χ1) is 12.8. The number of likely N-dealkylation sites (tertiary alicyclic amines) is 1. The largest absolute Gasteiger partial charge is 0.453 e. The van der Waals surface area contributed by atoms with E-state index < -0.39 is 34.3 Å². The average Bonchev–Trinajstić information content (AvgIpc) is 2.67. The molecule has 1 aromatic rings. The number of nitro benzene ring substituents is 1. The zero-order chi connectivity index (χ0) is 20.0. The molecule has 0 saturated carbocycles. The lowest BCUT2D eigenvalue weighted by Gasteiger charge is -2.30. The molecule has 0 bridgehead atoms. The van der Waals surface area contributed by atoms with Gasteiger partial charge in [0.1, 0.15) is 0 Å². The van der Waals surface area contributed by atoms with E-state index >= 15 is 0 Å². The van der Waals surface area contributed by atoms with Gasteiger partial charge in [0, 0.05) is 31.4 Å². The summed E-state index contributed by atoms with van der Waals surface area (Å²) in [5, 5.41) is 15.4. The summed E-state index contributed by atoms with van der Waals surface area (Å²) in [6.45, 7) is 1.25. The SMILES string of the molecule is COC(=O)N1CCC(CNC(=O)C(=O)Nc2ccc(F)c([N+](=O)[O-])c2)CC1. The Hall–Kier alpha value is -3.24. The molecule has 2 rings (SSSR count). The number of hydrogen-bond acceptors (Lipinski definition) is 6. The normalized spacial score (nSPS) is 14.4. The highest BCUT2D eigenvalue weighted by atomic mass is 19.1. The topological polar surface area (TPSA) is 131 Å². The molecule has 2 N–H and O–H groups in total. The molecule has 10 nitrogen and oxygen atoms in total. The average molecular weight is 382 g/mol. The fraction of sp³-hybridized carbons (Fsp3) is 0.438. The number of ether oxygens (including phenoxy) is 1. The van der Waals surface area contributed by atoms with Gasteiger partial charge in [0.15, 0.2) is 0 Å². The Bertz CT molecular complexity index is 748. The van der Waals surface area contributed by atoms with Crippen molar-refractivity contribution in [2.24, 2.45) is 5.92 Å². The predicted octanol–water partition coefficient (Wildman–Crippen LogP) is 1.27. The number of nitro groups is 1. The van der Waals surface area contributed by atoms with Crippen LogP contribution < -0.4 is 10.6 Å². The number of carbonyl (C=O) groups excluding carboxylic acids is 3. The lowest BCUT2D eigenvalue weighted by Crippen LogP contribution is -2.43. The molecule has 1 aromatic carbocycles. The molecule has 0 spiro atoms. The summed E-state index contributed by atoms with van der Waals surface area (Å²) in [5.74, 6) is -2.85. The molecule has 1 aliphatic rings. The van der Waals surface area contributed by atoms with Gasteiger partial charge in [0.05, 0.1) is 12.0 Å². The third kappa shape index (κ3) is 5.36. The van der Waals surface area contributed by atoms with Crippen LogP contribution in [-0.4, -0.2) is 54.5 Å². The lowest BCUT2D eigenvalue weighted by atomic mass is 9.97. The minimum atomic E-state index is -1.04. The molecule has 1 fully saturated rings. The molecule has 1 heterocycles. The van der Waals surface area contributed by atoms with Crippen LogP contribution in [0, 0.1) is 21.8 Å². The van der Waals surface area contributed by atoms with Crippen molar-refractivity contribution in [3.8, 4) is 0 Å². The van der Waals surface area contributed by atoms with Crippen LogP contribution in [0.2, 0.25) is 0 Å². The van der Waals surface area contributed by atoms with E-state index in [2.05, 4.69) is 15.4 Å². The predicted molar refractivity (Wildman–Crippen MR) is 91.4 cm³/mol. The van der Waals surface area contributed by atoms with Gasteiger partial charge in [-0.05, 0) is 30.9 Å². The fourth-order valence-electron chi connectivity index (χ4n) is 2.68. The third-order valence-electron chi connectivity index (χ3n) is 4.21. The summed E-state index contributed by atoms with van der Waals surface area (Å²) in [4.78, 5) is 46.5. The first-order valence-corrected chi connectivity index (χ1v) is 8.17. The summed E-state index contributed by atoms with van der Waals surface area (Å²) < 4.78 is 17.9. The second-order valence-corrected chi connectivity index (χ2v) is 5.99. The number of halogens is 1. The van der Waals surface area contributed by atoms with Crippen molar-refractivity contribution in [2.75, 3.05) is 32.1 Å². The number of rotatable bonds is 4. The molecule has 0 unspecified atom stereocenters. The molecule has 27 heavy (non-hydrogen) atoms. The first-order valence-electron chi connectivity index (χ1n) is 8.17. The quantitative estimate of drug-likeness (QED) is 0.458. The number of piperidine rings is 1. The minimum absolute atomic E-state index is 0.0605. The molecular formula is C16H19FN4O6. The van der Waals surface area contributed by atoms with Crippen molar-refractivity contribution in [3.63, 3.8) is 0 Å². The van der Waals surface area contributed by atoms with E-state index in [1.54, 1.807) is 4.90 Å². The van der Waals surface area contributed by atoms with Crippen molar-refractivity contribution in [1.82, 2.24) is 10.2 Å². The third-order valence-corrected chi connectivity index (χ3v) is 4.21. The standard InChI is InChI=1S/C16H19FN4O6/c1-27-16(24)20-6-4-10(5-7-20)9-18-14(22)15(23)19-11-2-3-12(17)13(8-11)21(25)26/h2-3,8,10H,4-7,9H2,1H3,(H,18,22)(H,19,23). The molecule has 1 aliphatic heterocycles. The maximum absolute atomic E-state index is 13.3. The van der Waals surface area contributed by atoms with Gasteiger partial charge in [-0.1, -0.05) is 0 Å². The smallest absolute Gasteiger partial charge is 0.409 e. The molecule has 0 aromatic heterocycles. The van der Waals surface area contributed by atoms with Gasteiger partial charge in [0.2, 0.25) is 5.82 Å². The number of hydrogen-bond donors (Lipinski definition) is 2. The molecule has 0 aliphatic carbocycles. The van der Waals surface area contributed by atoms with Crippen LogP contribution in [0.3, 0.4) is 0 Å². The van der Waals surface area contributed by atoms with Crippen LogP contribution >= 0.6 is 0 Å². The Labute approximate surface area is 153 Å². The second kappa shape index (κ2) is 8.92. The Morgan fingerprint density at radius 2 is 1.96 bits per heavy atom. The summed E-state index contributed by atoms with van der Waals surface area (Å²) in [6.07, 6.45) is 0.910. The Morgan fingerprint density at radius 3 is 2.56 bits per heavy atom. The maximum atomic E-state index is 13.3. The Morgan fingerprint density at radius 1 is 1.30 bits per heavy atom. The molecule has 0 atom stereocenters. The van der Waals surface area contributed by atoms with E-state index in [4.69, 9.17) is 0 Å². The zero-order valence-corrected chi connectivity index (χ0v) is 14.6. The minimum Gasteiger partial charge on any atom is -0.453 e. The van der Waals surface area contributed by atoms with Crippen molar-refractivity contribution >= 4 is 29.3 Å². The van der Waals surface area contributed by atoms with E-state index in [-0.39, 0.29) is 18.2 Å². The maximum Gasteiger partial charge on any atom is 0.409 e. The number of benzene rings is 1. The monoisotopic (exact) mass is 382 g/mol. The number of anilines is 1. The van der Waals surface area contributed by atoms with E-state index in [0.717, 1.165) is 18.2 Å². The van der Waals surface area contributed by atoms with Crippen LogP contribution in [0.5, 0.6) is 0 Å². The number of nitrogens with zero attached hydrogens (tertiary/aromatic N) is 2. The first kappa shape index (κ1) is 20.1. The van der Waals surface area contributed by atoms with Gasteiger partial charge in [-0.25, -0.2) is 4.79 Å². The molecule has 3 amide bonds. The summed E-state index contributed by atoms with van der Waals surface area (Å²) in [5.41, 5.74) is -0.861. The number of nitrogens with one attached hydrogen (secondary N) is 2.